The lowest BCUT2D eigenvalue weighted by Crippen LogP contribution is -2.30. The number of nitrogens with zero attached hydrogens (tertiary/aromatic N) is 3. The summed E-state index contributed by atoms with van der Waals surface area (Å²) in [5, 5.41) is 11.3. The first-order valence-corrected chi connectivity index (χ1v) is 8.35. The number of aromatic nitrogens is 4. The Kier molecular flexibility index (Phi) is 4.38. The molecule has 4 rings (SSSR count). The number of hydrogen-bond acceptors (Lipinski definition) is 4. The molecule has 0 aliphatic heterocycles. The fraction of sp³-hybridized carbons (Fsp3) is 0.100. The molecule has 26 heavy (non-hydrogen) atoms. The molecule has 1 aromatic carbocycles. The Morgan fingerprint density at radius 1 is 1.04 bits per heavy atom. The first-order valence-electron chi connectivity index (χ1n) is 8.35. The minimum Gasteiger partial charge on any atom is -0.343 e. The molecule has 3 heterocycles. The van der Waals surface area contributed by atoms with Gasteiger partial charge in [0.15, 0.2) is 5.65 Å². The maximum absolute atomic E-state index is 12.7. The van der Waals surface area contributed by atoms with Crippen molar-refractivity contribution in [1.29, 1.82) is 0 Å². The summed E-state index contributed by atoms with van der Waals surface area (Å²) in [5.74, 6) is -0.175. The molecule has 0 spiro atoms. The molecule has 6 heteroatoms. The average molecular weight is 343 g/mol. The molecule has 0 bridgehead atoms. The molecule has 6 nitrogen and oxygen atoms in total. The molecule has 0 aliphatic rings. The van der Waals surface area contributed by atoms with Crippen LogP contribution in [0.15, 0.2) is 73.2 Å². The van der Waals surface area contributed by atoms with Gasteiger partial charge in [-0.25, -0.2) is 4.98 Å². The van der Waals surface area contributed by atoms with E-state index in [2.05, 4.69) is 25.5 Å². The van der Waals surface area contributed by atoms with Gasteiger partial charge in [0.2, 0.25) is 0 Å². The third-order valence-electron chi connectivity index (χ3n) is 4.22. The molecule has 2 N–H and O–H groups in total. The van der Waals surface area contributed by atoms with Crippen molar-refractivity contribution in [2.45, 2.75) is 12.5 Å². The van der Waals surface area contributed by atoms with Gasteiger partial charge in [-0.05, 0) is 36.2 Å². The lowest BCUT2D eigenvalue weighted by Gasteiger charge is -2.18. The van der Waals surface area contributed by atoms with Gasteiger partial charge >= 0.3 is 0 Å². The van der Waals surface area contributed by atoms with E-state index in [0.717, 1.165) is 16.6 Å². The Morgan fingerprint density at radius 3 is 2.69 bits per heavy atom. The highest BCUT2D eigenvalue weighted by Crippen LogP contribution is 2.24. The van der Waals surface area contributed by atoms with Crippen molar-refractivity contribution in [3.63, 3.8) is 0 Å². The Bertz CT molecular complexity index is 1010. The molecule has 128 valence electrons. The Morgan fingerprint density at radius 2 is 1.88 bits per heavy atom. The van der Waals surface area contributed by atoms with Gasteiger partial charge in [0.1, 0.15) is 0 Å². The lowest BCUT2D eigenvalue weighted by molar-refractivity contribution is 0.0935. The number of H-pyrrole nitrogens is 1. The first-order chi connectivity index (χ1) is 12.8. The highest BCUT2D eigenvalue weighted by atomic mass is 16.1. The molecule has 0 saturated carbocycles. The highest BCUT2D eigenvalue weighted by molar-refractivity contribution is 5.94. The molecular weight excluding hydrogens is 326 g/mol. The number of nitrogens with one attached hydrogen (secondary N) is 2. The maximum atomic E-state index is 12.7. The second kappa shape index (κ2) is 7.14. The van der Waals surface area contributed by atoms with Crippen molar-refractivity contribution >= 4 is 16.9 Å². The molecule has 1 unspecified atom stereocenters. The van der Waals surface area contributed by atoms with E-state index >= 15 is 0 Å². The van der Waals surface area contributed by atoms with Gasteiger partial charge in [-0.2, -0.15) is 5.10 Å². The number of rotatable bonds is 5. The Hall–Kier alpha value is -3.54. The monoisotopic (exact) mass is 343 g/mol. The summed E-state index contributed by atoms with van der Waals surface area (Å²) in [6, 6.07) is 17.1. The number of carbonyl (C=O) groups excluding carboxylic acids is 1. The first kappa shape index (κ1) is 16.0. The van der Waals surface area contributed by atoms with E-state index < -0.39 is 0 Å². The van der Waals surface area contributed by atoms with Crippen molar-refractivity contribution in [3.8, 4) is 0 Å². The quantitative estimate of drug-likeness (QED) is 0.583. The fourth-order valence-electron chi connectivity index (χ4n) is 2.95. The number of fused-ring (bicyclic) bond motifs is 1. The highest BCUT2D eigenvalue weighted by Gasteiger charge is 2.21. The molecule has 0 saturated heterocycles. The van der Waals surface area contributed by atoms with E-state index in [1.165, 1.54) is 0 Å². The number of benzene rings is 1. The van der Waals surface area contributed by atoms with Crippen LogP contribution in [-0.2, 0) is 6.42 Å². The third-order valence-corrected chi connectivity index (χ3v) is 4.22. The van der Waals surface area contributed by atoms with Crippen molar-refractivity contribution in [1.82, 2.24) is 25.5 Å². The van der Waals surface area contributed by atoms with E-state index in [-0.39, 0.29) is 11.9 Å². The summed E-state index contributed by atoms with van der Waals surface area (Å²) >= 11 is 0. The summed E-state index contributed by atoms with van der Waals surface area (Å²) in [4.78, 5) is 21.0. The van der Waals surface area contributed by atoms with Crippen molar-refractivity contribution in [2.24, 2.45) is 0 Å². The summed E-state index contributed by atoms with van der Waals surface area (Å²) in [7, 11) is 0. The molecule has 0 fully saturated rings. The van der Waals surface area contributed by atoms with Crippen LogP contribution < -0.4 is 5.32 Å². The van der Waals surface area contributed by atoms with Crippen LogP contribution in [-0.4, -0.2) is 26.1 Å². The van der Waals surface area contributed by atoms with Gasteiger partial charge < -0.3 is 5.32 Å². The summed E-state index contributed by atoms with van der Waals surface area (Å²) in [5.41, 5.74) is 3.12. The maximum Gasteiger partial charge on any atom is 0.253 e. The van der Waals surface area contributed by atoms with Crippen LogP contribution in [0, 0.1) is 0 Å². The van der Waals surface area contributed by atoms with Gasteiger partial charge in [-0.1, -0.05) is 30.3 Å². The largest absolute Gasteiger partial charge is 0.343 e. The van der Waals surface area contributed by atoms with Crippen LogP contribution >= 0.6 is 0 Å². The summed E-state index contributed by atoms with van der Waals surface area (Å²) < 4.78 is 0. The van der Waals surface area contributed by atoms with Gasteiger partial charge in [0.25, 0.3) is 5.91 Å². The Labute approximate surface area is 150 Å². The van der Waals surface area contributed by atoms with E-state index in [0.29, 0.717) is 17.6 Å². The van der Waals surface area contributed by atoms with Gasteiger partial charge in [0, 0.05) is 24.0 Å². The number of aromatic amines is 1. The third kappa shape index (κ3) is 3.30. The molecule has 0 radical (unpaired) electrons. The SMILES string of the molecule is O=C(NC(Cc1ccccc1)c1[nH]nc2ncccc12)c1cccnc1. The van der Waals surface area contributed by atoms with Crippen LogP contribution in [0.3, 0.4) is 0 Å². The Balaban J connectivity index is 1.68. The standard InChI is InChI=1S/C20H17N5O/c26-20(15-8-4-10-21-13-15)23-17(12-14-6-2-1-3-7-14)18-16-9-5-11-22-19(16)25-24-18/h1-11,13,17H,12H2,(H,23,26)(H,22,24,25). The molecular formula is C20H17N5O. The minimum atomic E-state index is -0.265. The van der Waals surface area contributed by atoms with Crippen molar-refractivity contribution in [2.75, 3.05) is 0 Å². The summed E-state index contributed by atoms with van der Waals surface area (Å²) in [6.45, 7) is 0. The van der Waals surface area contributed by atoms with Gasteiger partial charge in [-0.3, -0.25) is 14.9 Å². The normalized spacial score (nSPS) is 12.0. The predicted octanol–water partition coefficient (Wildman–Crippen LogP) is 3.07. The van der Waals surface area contributed by atoms with Crippen LogP contribution in [0.25, 0.3) is 11.0 Å². The van der Waals surface area contributed by atoms with E-state index in [4.69, 9.17) is 0 Å². The number of carbonyl (C=O) groups is 1. The van der Waals surface area contributed by atoms with Gasteiger partial charge in [-0.15, -0.1) is 0 Å². The second-order valence-corrected chi connectivity index (χ2v) is 5.97. The zero-order valence-corrected chi connectivity index (χ0v) is 14.0. The number of amides is 1. The van der Waals surface area contributed by atoms with E-state index in [1.54, 1.807) is 30.7 Å². The lowest BCUT2D eigenvalue weighted by atomic mass is 10.0. The van der Waals surface area contributed by atoms with E-state index in [1.807, 2.05) is 42.5 Å². The zero-order valence-electron chi connectivity index (χ0n) is 14.0. The van der Waals surface area contributed by atoms with E-state index in [9.17, 15) is 4.79 Å². The topological polar surface area (TPSA) is 83.6 Å². The zero-order chi connectivity index (χ0) is 17.8. The van der Waals surface area contributed by atoms with Crippen LogP contribution in [0.1, 0.15) is 27.7 Å². The van der Waals surface area contributed by atoms with Crippen molar-refractivity contribution < 1.29 is 4.79 Å². The molecule has 3 aromatic heterocycles. The molecule has 1 atom stereocenters. The molecule has 4 aromatic rings. The second-order valence-electron chi connectivity index (χ2n) is 5.97. The minimum absolute atomic E-state index is 0.175. The van der Waals surface area contributed by atoms with Gasteiger partial charge in [0.05, 0.1) is 17.3 Å². The molecule has 0 aliphatic carbocycles. The van der Waals surface area contributed by atoms with Crippen LogP contribution in [0.2, 0.25) is 0 Å². The fourth-order valence-corrected chi connectivity index (χ4v) is 2.95. The predicted molar refractivity (Wildman–Crippen MR) is 98.5 cm³/mol. The van der Waals surface area contributed by atoms with Crippen molar-refractivity contribution in [3.05, 3.63) is 90.0 Å². The number of hydrogen-bond donors (Lipinski definition) is 2. The molecule has 1 amide bonds. The van der Waals surface area contributed by atoms with Crippen LogP contribution in [0.5, 0.6) is 0 Å². The number of pyridine rings is 2. The average Bonchev–Trinajstić information content (AvgIpc) is 3.13. The van der Waals surface area contributed by atoms with Crippen LogP contribution in [0.4, 0.5) is 0 Å². The smallest absolute Gasteiger partial charge is 0.253 e. The summed E-state index contributed by atoms with van der Waals surface area (Å²) in [6.07, 6.45) is 5.54.